The van der Waals surface area contributed by atoms with Crippen molar-refractivity contribution in [3.8, 4) is 0 Å². The van der Waals surface area contributed by atoms with Crippen LogP contribution in [0, 0.1) is 6.92 Å². The number of benzene rings is 1. The highest BCUT2D eigenvalue weighted by Crippen LogP contribution is 2.28. The molecule has 0 aliphatic carbocycles. The average molecular weight is 273 g/mol. The average Bonchev–Trinajstić information content (AvgIpc) is 2.83. The van der Waals surface area contributed by atoms with Gasteiger partial charge >= 0.3 is 0 Å². The summed E-state index contributed by atoms with van der Waals surface area (Å²) >= 11 is 0. The van der Waals surface area contributed by atoms with E-state index in [1.165, 1.54) is 11.1 Å². The summed E-state index contributed by atoms with van der Waals surface area (Å²) in [7, 11) is 0. The molecule has 2 aliphatic rings. The van der Waals surface area contributed by atoms with Crippen LogP contribution in [-0.2, 0) is 4.79 Å². The van der Waals surface area contributed by atoms with Gasteiger partial charge in [-0.1, -0.05) is 29.8 Å². The molecule has 0 saturated carbocycles. The Labute approximate surface area is 120 Å². The Bertz CT molecular complexity index is 485. The molecular weight excluding hydrogens is 250 g/mol. The number of nitrogens with two attached hydrogens (primary N) is 1. The molecule has 20 heavy (non-hydrogen) atoms. The molecule has 4 heteroatoms. The number of hydrogen-bond acceptors (Lipinski definition) is 3. The van der Waals surface area contributed by atoms with Gasteiger partial charge in [-0.3, -0.25) is 9.69 Å². The predicted octanol–water partition coefficient (Wildman–Crippen LogP) is 1.30. The van der Waals surface area contributed by atoms with Gasteiger partial charge in [-0.05, 0) is 18.9 Å². The highest BCUT2D eigenvalue weighted by molar-refractivity contribution is 5.78. The van der Waals surface area contributed by atoms with Crippen molar-refractivity contribution in [2.24, 2.45) is 5.73 Å². The highest BCUT2D eigenvalue weighted by atomic mass is 16.2. The zero-order valence-corrected chi connectivity index (χ0v) is 12.1. The third kappa shape index (κ3) is 2.45. The molecule has 2 fully saturated rings. The van der Waals surface area contributed by atoms with Gasteiger partial charge in [-0.2, -0.15) is 0 Å². The molecule has 2 atom stereocenters. The first-order valence-electron chi connectivity index (χ1n) is 7.49. The van der Waals surface area contributed by atoms with Gasteiger partial charge in [0.15, 0.2) is 0 Å². The van der Waals surface area contributed by atoms with Crippen LogP contribution in [0.3, 0.4) is 0 Å². The minimum Gasteiger partial charge on any atom is -0.337 e. The number of fused-ring (bicyclic) bond motifs is 1. The van der Waals surface area contributed by atoms with Crippen molar-refractivity contribution in [2.75, 3.05) is 26.2 Å². The van der Waals surface area contributed by atoms with Crippen LogP contribution >= 0.6 is 0 Å². The Morgan fingerprint density at radius 3 is 2.75 bits per heavy atom. The lowest BCUT2D eigenvalue weighted by atomic mass is 10.0. The quantitative estimate of drug-likeness (QED) is 0.903. The van der Waals surface area contributed by atoms with E-state index in [2.05, 4.69) is 41.0 Å². The van der Waals surface area contributed by atoms with E-state index in [-0.39, 0.29) is 6.04 Å². The number of piperazine rings is 1. The molecule has 108 valence electrons. The molecule has 2 aliphatic heterocycles. The van der Waals surface area contributed by atoms with Crippen LogP contribution in [0.5, 0.6) is 0 Å². The molecule has 3 rings (SSSR count). The zero-order valence-electron chi connectivity index (χ0n) is 12.1. The first-order valence-corrected chi connectivity index (χ1v) is 7.49. The summed E-state index contributed by atoms with van der Waals surface area (Å²) < 4.78 is 0. The Balaban J connectivity index is 1.74. The monoisotopic (exact) mass is 273 g/mol. The topological polar surface area (TPSA) is 49.6 Å². The molecule has 2 saturated heterocycles. The maximum Gasteiger partial charge on any atom is 0.222 e. The summed E-state index contributed by atoms with van der Waals surface area (Å²) in [6.07, 6.45) is 1.72. The molecule has 2 unspecified atom stereocenters. The van der Waals surface area contributed by atoms with Crippen LogP contribution in [0.15, 0.2) is 24.3 Å². The summed E-state index contributed by atoms with van der Waals surface area (Å²) in [5.74, 6) is 0.328. The van der Waals surface area contributed by atoms with Crippen molar-refractivity contribution < 1.29 is 4.79 Å². The molecule has 1 aromatic rings. The standard InChI is InChI=1S/C16H23N3O/c1-12-2-4-13(5-3-12)15(10-17)18-8-9-19-14(11-18)6-7-16(19)20/h2-5,14-15H,6-11,17H2,1H3. The molecule has 2 heterocycles. The van der Waals surface area contributed by atoms with Crippen molar-refractivity contribution in [2.45, 2.75) is 31.8 Å². The fourth-order valence-corrected chi connectivity index (χ4v) is 3.46. The van der Waals surface area contributed by atoms with Crippen molar-refractivity contribution >= 4 is 5.91 Å². The van der Waals surface area contributed by atoms with Crippen LogP contribution in [0.4, 0.5) is 0 Å². The van der Waals surface area contributed by atoms with E-state index in [0.717, 1.165) is 32.5 Å². The number of rotatable bonds is 3. The van der Waals surface area contributed by atoms with Gasteiger partial charge in [-0.25, -0.2) is 0 Å². The van der Waals surface area contributed by atoms with Gasteiger partial charge in [-0.15, -0.1) is 0 Å². The molecule has 0 radical (unpaired) electrons. The second kappa shape index (κ2) is 5.54. The largest absolute Gasteiger partial charge is 0.337 e. The van der Waals surface area contributed by atoms with E-state index in [1.54, 1.807) is 0 Å². The van der Waals surface area contributed by atoms with Crippen molar-refractivity contribution in [3.63, 3.8) is 0 Å². The second-order valence-electron chi connectivity index (χ2n) is 5.94. The van der Waals surface area contributed by atoms with Gasteiger partial charge in [0, 0.05) is 44.7 Å². The van der Waals surface area contributed by atoms with Crippen LogP contribution in [0.25, 0.3) is 0 Å². The van der Waals surface area contributed by atoms with Crippen molar-refractivity contribution in [3.05, 3.63) is 35.4 Å². The van der Waals surface area contributed by atoms with Gasteiger partial charge in [0.2, 0.25) is 5.91 Å². The van der Waals surface area contributed by atoms with Crippen molar-refractivity contribution in [1.82, 2.24) is 9.80 Å². The minimum atomic E-state index is 0.272. The summed E-state index contributed by atoms with van der Waals surface area (Å²) in [6, 6.07) is 9.32. The number of aryl methyl sites for hydroxylation is 1. The summed E-state index contributed by atoms with van der Waals surface area (Å²) in [5.41, 5.74) is 8.58. The van der Waals surface area contributed by atoms with E-state index in [1.807, 2.05) is 0 Å². The maximum absolute atomic E-state index is 11.7. The fraction of sp³-hybridized carbons (Fsp3) is 0.562. The van der Waals surface area contributed by atoms with E-state index >= 15 is 0 Å². The molecule has 0 bridgehead atoms. The second-order valence-corrected chi connectivity index (χ2v) is 5.94. The molecule has 4 nitrogen and oxygen atoms in total. The molecule has 0 spiro atoms. The van der Waals surface area contributed by atoms with E-state index < -0.39 is 0 Å². The number of nitrogens with zero attached hydrogens (tertiary/aromatic N) is 2. The van der Waals surface area contributed by atoms with Crippen molar-refractivity contribution in [1.29, 1.82) is 0 Å². The Hall–Kier alpha value is -1.39. The van der Waals surface area contributed by atoms with Gasteiger partial charge < -0.3 is 10.6 Å². The first kappa shape index (κ1) is 13.6. The SMILES string of the molecule is Cc1ccc(C(CN)N2CCN3C(=O)CCC3C2)cc1. The number of carbonyl (C=O) groups excluding carboxylic acids is 1. The summed E-state index contributed by atoms with van der Waals surface area (Å²) in [4.78, 5) is 16.2. The third-order valence-corrected chi connectivity index (χ3v) is 4.65. The summed E-state index contributed by atoms with van der Waals surface area (Å²) in [5, 5.41) is 0. The number of hydrogen-bond donors (Lipinski definition) is 1. The van der Waals surface area contributed by atoms with Gasteiger partial charge in [0.25, 0.3) is 0 Å². The number of amides is 1. The third-order valence-electron chi connectivity index (χ3n) is 4.65. The Morgan fingerprint density at radius 2 is 2.05 bits per heavy atom. The zero-order chi connectivity index (χ0) is 14.1. The Morgan fingerprint density at radius 1 is 1.30 bits per heavy atom. The Kier molecular flexibility index (Phi) is 3.76. The van der Waals surface area contributed by atoms with Crippen LogP contribution < -0.4 is 5.73 Å². The maximum atomic E-state index is 11.7. The smallest absolute Gasteiger partial charge is 0.222 e. The lowest BCUT2D eigenvalue weighted by molar-refractivity contribution is -0.131. The van der Waals surface area contributed by atoms with E-state index in [9.17, 15) is 4.79 Å². The lowest BCUT2D eigenvalue weighted by Crippen LogP contribution is -2.53. The fourth-order valence-electron chi connectivity index (χ4n) is 3.46. The predicted molar refractivity (Wildman–Crippen MR) is 79.3 cm³/mol. The molecular formula is C16H23N3O. The van der Waals surface area contributed by atoms with Crippen LogP contribution in [0.2, 0.25) is 0 Å². The minimum absolute atomic E-state index is 0.272. The molecule has 1 amide bonds. The highest BCUT2D eigenvalue weighted by Gasteiger charge is 2.37. The van der Waals surface area contributed by atoms with E-state index in [0.29, 0.717) is 18.5 Å². The molecule has 0 aromatic heterocycles. The van der Waals surface area contributed by atoms with Crippen LogP contribution in [-0.4, -0.2) is 47.9 Å². The van der Waals surface area contributed by atoms with Gasteiger partial charge in [0.05, 0.1) is 0 Å². The first-order chi connectivity index (χ1) is 9.69. The van der Waals surface area contributed by atoms with Gasteiger partial charge in [0.1, 0.15) is 0 Å². The lowest BCUT2D eigenvalue weighted by Gasteiger charge is -2.41. The molecule has 2 N–H and O–H groups in total. The molecule has 1 aromatic carbocycles. The number of carbonyl (C=O) groups is 1. The van der Waals surface area contributed by atoms with E-state index in [4.69, 9.17) is 5.73 Å². The normalized spacial score (nSPS) is 24.8. The van der Waals surface area contributed by atoms with Crippen LogP contribution in [0.1, 0.15) is 30.0 Å². The summed E-state index contributed by atoms with van der Waals surface area (Å²) in [6.45, 7) is 5.47.